The molecule has 0 spiro atoms. The van der Waals surface area contributed by atoms with E-state index in [0.29, 0.717) is 6.42 Å². The van der Waals surface area contributed by atoms with Gasteiger partial charge in [0.15, 0.2) is 0 Å². The molecule has 76 valence electrons. The number of carbonyl (C=O) groups is 1. The summed E-state index contributed by atoms with van der Waals surface area (Å²) < 4.78 is 0. The number of allylic oxidation sites excluding steroid dienone is 1. The first-order chi connectivity index (χ1) is 7.23. The number of rotatable bonds is 2. The summed E-state index contributed by atoms with van der Waals surface area (Å²) in [6.07, 6.45) is 6.81. The van der Waals surface area contributed by atoms with Gasteiger partial charge >= 0.3 is 0 Å². The molecule has 1 aliphatic heterocycles. The average Bonchev–Trinajstić information content (AvgIpc) is 2.30. The van der Waals surface area contributed by atoms with Gasteiger partial charge in [0, 0.05) is 24.2 Å². The average molecular weight is 200 g/mol. The van der Waals surface area contributed by atoms with Crippen molar-refractivity contribution >= 4 is 12.0 Å². The molecule has 3 nitrogen and oxygen atoms in total. The fourth-order valence-electron chi connectivity index (χ4n) is 1.53. The Labute approximate surface area is 88.6 Å². The molecule has 0 saturated carbocycles. The van der Waals surface area contributed by atoms with E-state index in [1.165, 1.54) is 0 Å². The first kappa shape index (κ1) is 9.77. The lowest BCUT2D eigenvalue weighted by atomic mass is 9.84. The number of hydrogen-bond donors (Lipinski definition) is 0. The minimum atomic E-state index is -0.436. The molecule has 1 aromatic heterocycles. The summed E-state index contributed by atoms with van der Waals surface area (Å²) in [5, 5.41) is 0. The minimum Gasteiger partial charge on any atom is -0.302 e. The highest BCUT2D eigenvalue weighted by atomic mass is 16.1. The van der Waals surface area contributed by atoms with Crippen LogP contribution in [0.1, 0.15) is 19.0 Å². The number of hydrogen-bond acceptors (Lipinski definition) is 3. The second kappa shape index (κ2) is 3.77. The Hall–Kier alpha value is -1.77. The quantitative estimate of drug-likeness (QED) is 0.685. The highest BCUT2D eigenvalue weighted by Crippen LogP contribution is 2.26. The van der Waals surface area contributed by atoms with Crippen molar-refractivity contribution in [3.8, 4) is 0 Å². The molecule has 0 aliphatic carbocycles. The summed E-state index contributed by atoms with van der Waals surface area (Å²) in [5.74, 6) is 0. The minimum absolute atomic E-state index is 0.436. The van der Waals surface area contributed by atoms with Gasteiger partial charge in [0.25, 0.3) is 0 Å². The second-order valence-corrected chi connectivity index (χ2v) is 3.91. The summed E-state index contributed by atoms with van der Waals surface area (Å²) in [6, 6.07) is 5.69. The van der Waals surface area contributed by atoms with Crippen molar-refractivity contribution in [1.29, 1.82) is 0 Å². The Morgan fingerprint density at radius 3 is 3.00 bits per heavy atom. The molecule has 1 aliphatic rings. The van der Waals surface area contributed by atoms with E-state index in [4.69, 9.17) is 0 Å². The van der Waals surface area contributed by atoms with Gasteiger partial charge in [-0.05, 0) is 19.1 Å². The lowest BCUT2D eigenvalue weighted by molar-refractivity contribution is -0.113. The number of aromatic nitrogens is 1. The van der Waals surface area contributed by atoms with Crippen molar-refractivity contribution in [2.75, 3.05) is 0 Å². The highest BCUT2D eigenvalue weighted by molar-refractivity contribution is 6.01. The molecule has 0 aromatic carbocycles. The third-order valence-electron chi connectivity index (χ3n) is 2.46. The van der Waals surface area contributed by atoms with Gasteiger partial charge in [-0.25, -0.2) is 0 Å². The molecular formula is C12H12N2O. The molecule has 0 N–H and O–H groups in total. The van der Waals surface area contributed by atoms with Crippen molar-refractivity contribution in [3.05, 3.63) is 42.4 Å². The Morgan fingerprint density at radius 1 is 1.47 bits per heavy atom. The lowest BCUT2D eigenvalue weighted by Crippen LogP contribution is -2.23. The van der Waals surface area contributed by atoms with Crippen molar-refractivity contribution in [2.24, 2.45) is 10.4 Å². The van der Waals surface area contributed by atoms with Gasteiger partial charge in [-0.3, -0.25) is 9.98 Å². The lowest BCUT2D eigenvalue weighted by Gasteiger charge is -2.21. The molecule has 15 heavy (non-hydrogen) atoms. The van der Waals surface area contributed by atoms with Crippen molar-refractivity contribution < 1.29 is 4.79 Å². The van der Waals surface area contributed by atoms with E-state index < -0.39 is 5.41 Å². The van der Waals surface area contributed by atoms with Gasteiger partial charge in [0.05, 0.1) is 11.4 Å². The van der Waals surface area contributed by atoms with Crippen LogP contribution in [-0.2, 0) is 4.79 Å². The molecule has 0 saturated heterocycles. The Kier molecular flexibility index (Phi) is 2.46. The zero-order valence-corrected chi connectivity index (χ0v) is 8.55. The highest BCUT2D eigenvalue weighted by Gasteiger charge is 2.26. The maximum atomic E-state index is 10.9. The van der Waals surface area contributed by atoms with E-state index in [9.17, 15) is 4.79 Å². The molecule has 1 unspecified atom stereocenters. The number of aliphatic imine (C=N–C) groups is 1. The van der Waals surface area contributed by atoms with E-state index in [1.807, 2.05) is 31.2 Å². The molecule has 0 radical (unpaired) electrons. The number of aldehydes is 1. The van der Waals surface area contributed by atoms with Crippen molar-refractivity contribution in [2.45, 2.75) is 13.3 Å². The Balaban J connectivity index is 2.30. The third kappa shape index (κ3) is 2.01. The van der Waals surface area contributed by atoms with Gasteiger partial charge in [-0.2, -0.15) is 0 Å². The zero-order chi connectivity index (χ0) is 10.7. The monoisotopic (exact) mass is 200 g/mol. The SMILES string of the molecule is CC1(C=O)C=CN=C(c2ccccn2)C1. The third-order valence-corrected chi connectivity index (χ3v) is 2.46. The summed E-state index contributed by atoms with van der Waals surface area (Å²) in [7, 11) is 0. The summed E-state index contributed by atoms with van der Waals surface area (Å²) in [6.45, 7) is 1.90. The molecule has 0 amide bonds. The predicted octanol–water partition coefficient (Wildman–Crippen LogP) is 1.99. The fraction of sp³-hybridized carbons (Fsp3) is 0.250. The molecule has 0 fully saturated rings. The predicted molar refractivity (Wildman–Crippen MR) is 58.7 cm³/mol. The van der Waals surface area contributed by atoms with E-state index in [-0.39, 0.29) is 0 Å². The van der Waals surface area contributed by atoms with Crippen LogP contribution in [0.25, 0.3) is 0 Å². The number of carbonyl (C=O) groups excluding carboxylic acids is 1. The fourth-order valence-corrected chi connectivity index (χ4v) is 1.53. The maximum absolute atomic E-state index is 10.9. The van der Waals surface area contributed by atoms with E-state index in [1.54, 1.807) is 12.4 Å². The first-order valence-electron chi connectivity index (χ1n) is 4.86. The van der Waals surface area contributed by atoms with Crippen LogP contribution < -0.4 is 0 Å². The molecule has 0 bridgehead atoms. The van der Waals surface area contributed by atoms with Crippen LogP contribution in [0.2, 0.25) is 0 Å². The van der Waals surface area contributed by atoms with Crippen molar-refractivity contribution in [1.82, 2.24) is 4.98 Å². The van der Waals surface area contributed by atoms with Gasteiger partial charge in [0.2, 0.25) is 0 Å². The smallest absolute Gasteiger partial charge is 0.130 e. The molecule has 3 heteroatoms. The van der Waals surface area contributed by atoms with Crippen LogP contribution >= 0.6 is 0 Å². The number of nitrogens with zero attached hydrogens (tertiary/aromatic N) is 2. The van der Waals surface area contributed by atoms with E-state index >= 15 is 0 Å². The molecular weight excluding hydrogens is 188 g/mol. The van der Waals surface area contributed by atoms with Gasteiger partial charge in [0.1, 0.15) is 6.29 Å². The molecule has 2 heterocycles. The molecule has 2 rings (SSSR count). The second-order valence-electron chi connectivity index (χ2n) is 3.91. The van der Waals surface area contributed by atoms with Crippen LogP contribution in [0.3, 0.4) is 0 Å². The van der Waals surface area contributed by atoms with Crippen LogP contribution in [0, 0.1) is 5.41 Å². The zero-order valence-electron chi connectivity index (χ0n) is 8.55. The van der Waals surface area contributed by atoms with E-state index in [2.05, 4.69) is 9.98 Å². The summed E-state index contributed by atoms with van der Waals surface area (Å²) in [5.41, 5.74) is 1.27. The van der Waals surface area contributed by atoms with Gasteiger partial charge in [-0.15, -0.1) is 0 Å². The Morgan fingerprint density at radius 2 is 2.33 bits per heavy atom. The van der Waals surface area contributed by atoms with Crippen LogP contribution in [0.4, 0.5) is 0 Å². The summed E-state index contributed by atoms with van der Waals surface area (Å²) in [4.78, 5) is 19.4. The van der Waals surface area contributed by atoms with Crippen LogP contribution in [0.5, 0.6) is 0 Å². The van der Waals surface area contributed by atoms with Gasteiger partial charge in [-0.1, -0.05) is 12.1 Å². The van der Waals surface area contributed by atoms with Crippen molar-refractivity contribution in [3.63, 3.8) is 0 Å². The topological polar surface area (TPSA) is 42.3 Å². The summed E-state index contributed by atoms with van der Waals surface area (Å²) >= 11 is 0. The molecule has 1 atom stereocenters. The van der Waals surface area contributed by atoms with Crippen LogP contribution in [0.15, 0.2) is 41.7 Å². The Bertz CT molecular complexity index is 423. The number of pyridine rings is 1. The molecule has 1 aromatic rings. The van der Waals surface area contributed by atoms with Crippen LogP contribution in [-0.4, -0.2) is 17.0 Å². The standard InChI is InChI=1S/C12H12N2O/c1-12(9-15)5-7-14-11(8-12)10-4-2-3-6-13-10/h2-7,9H,8H2,1H3. The normalized spacial score (nSPS) is 24.7. The van der Waals surface area contributed by atoms with Gasteiger partial charge < -0.3 is 4.79 Å². The largest absolute Gasteiger partial charge is 0.302 e. The first-order valence-corrected chi connectivity index (χ1v) is 4.86. The van der Waals surface area contributed by atoms with E-state index in [0.717, 1.165) is 17.7 Å². The maximum Gasteiger partial charge on any atom is 0.130 e.